The van der Waals surface area contributed by atoms with Crippen molar-refractivity contribution < 1.29 is 14.2 Å². The van der Waals surface area contributed by atoms with Crippen molar-refractivity contribution in [1.82, 2.24) is 15.5 Å². The molecule has 8 heteroatoms. The fourth-order valence-electron chi connectivity index (χ4n) is 3.08. The molecule has 0 aliphatic carbocycles. The molecule has 2 rings (SSSR count). The minimum absolute atomic E-state index is 0. The third-order valence-electron chi connectivity index (χ3n) is 4.46. The number of nitrogens with one attached hydrogen (secondary N) is 2. The average molecular weight is 478 g/mol. The van der Waals surface area contributed by atoms with E-state index < -0.39 is 0 Å². The Morgan fingerprint density at radius 3 is 2.27 bits per heavy atom. The molecule has 1 aromatic carbocycles. The van der Waals surface area contributed by atoms with Crippen LogP contribution in [0.15, 0.2) is 17.1 Å². The minimum Gasteiger partial charge on any atom is -0.493 e. The molecule has 1 fully saturated rings. The van der Waals surface area contributed by atoms with Crippen LogP contribution in [-0.2, 0) is 6.54 Å². The Bertz CT molecular complexity index is 573. The fourth-order valence-corrected chi connectivity index (χ4v) is 3.08. The highest BCUT2D eigenvalue weighted by Gasteiger charge is 2.19. The molecule has 0 aromatic heterocycles. The molecule has 2 N–H and O–H groups in total. The van der Waals surface area contributed by atoms with Crippen molar-refractivity contribution in [3.8, 4) is 17.2 Å². The van der Waals surface area contributed by atoms with E-state index in [9.17, 15) is 0 Å². The van der Waals surface area contributed by atoms with Crippen molar-refractivity contribution in [3.63, 3.8) is 0 Å². The third-order valence-corrected chi connectivity index (χ3v) is 4.46. The lowest BCUT2D eigenvalue weighted by atomic mass is 10.1. The molecule has 0 amide bonds. The minimum atomic E-state index is 0. The molecule has 0 radical (unpaired) electrons. The smallest absolute Gasteiger partial charge is 0.203 e. The van der Waals surface area contributed by atoms with E-state index in [2.05, 4.69) is 27.6 Å². The van der Waals surface area contributed by atoms with Gasteiger partial charge in [0, 0.05) is 26.7 Å². The highest BCUT2D eigenvalue weighted by molar-refractivity contribution is 14.0. The first-order chi connectivity index (χ1) is 12.1. The van der Waals surface area contributed by atoms with Gasteiger partial charge in [-0.1, -0.05) is 0 Å². The van der Waals surface area contributed by atoms with Gasteiger partial charge in [0.1, 0.15) is 0 Å². The Kier molecular flexibility index (Phi) is 9.85. The van der Waals surface area contributed by atoms with Crippen LogP contribution in [0, 0.1) is 5.92 Å². The van der Waals surface area contributed by atoms with Crippen LogP contribution in [0.3, 0.4) is 0 Å². The van der Waals surface area contributed by atoms with Crippen molar-refractivity contribution >= 4 is 29.9 Å². The number of halogens is 1. The van der Waals surface area contributed by atoms with E-state index in [1.165, 1.54) is 13.0 Å². The van der Waals surface area contributed by atoms with Gasteiger partial charge in [-0.15, -0.1) is 24.0 Å². The van der Waals surface area contributed by atoms with Gasteiger partial charge in [0.25, 0.3) is 0 Å². The summed E-state index contributed by atoms with van der Waals surface area (Å²) in [7, 11) is 8.79. The molecule has 0 saturated carbocycles. The van der Waals surface area contributed by atoms with Crippen LogP contribution in [0.25, 0.3) is 0 Å². The number of benzene rings is 1. The first kappa shape index (κ1) is 22.6. The third kappa shape index (κ3) is 6.08. The lowest BCUT2D eigenvalue weighted by Crippen LogP contribution is -2.39. The lowest BCUT2D eigenvalue weighted by Gasteiger charge is -2.17. The zero-order valence-electron chi connectivity index (χ0n) is 16.3. The quantitative estimate of drug-likeness (QED) is 0.355. The second kappa shape index (κ2) is 11.3. The summed E-state index contributed by atoms with van der Waals surface area (Å²) < 4.78 is 16.1. The standard InChI is InChI=1S/C18H30N4O3.HI/c1-19-18(20-10-13-6-7-22(2)12-13)21-11-14-8-15(23-3)17(25-5)16(9-14)24-4;/h8-9,13H,6-7,10-12H2,1-5H3,(H2,19,20,21);1H. The Morgan fingerprint density at radius 1 is 1.15 bits per heavy atom. The lowest BCUT2D eigenvalue weighted by molar-refractivity contribution is 0.323. The van der Waals surface area contributed by atoms with Gasteiger partial charge in [0.15, 0.2) is 17.5 Å². The number of hydrogen-bond donors (Lipinski definition) is 2. The van der Waals surface area contributed by atoms with Crippen LogP contribution in [0.1, 0.15) is 12.0 Å². The number of aliphatic imine (C=N–C) groups is 1. The average Bonchev–Trinajstić information content (AvgIpc) is 3.06. The summed E-state index contributed by atoms with van der Waals surface area (Å²) in [5.41, 5.74) is 1.03. The maximum atomic E-state index is 5.39. The summed E-state index contributed by atoms with van der Waals surface area (Å²) >= 11 is 0. The second-order valence-electron chi connectivity index (χ2n) is 6.26. The summed E-state index contributed by atoms with van der Waals surface area (Å²) in [6.45, 7) is 3.85. The first-order valence-electron chi connectivity index (χ1n) is 8.53. The van der Waals surface area contributed by atoms with Gasteiger partial charge in [-0.2, -0.15) is 0 Å². The van der Waals surface area contributed by atoms with E-state index >= 15 is 0 Å². The Morgan fingerprint density at radius 2 is 1.81 bits per heavy atom. The number of guanidine groups is 1. The van der Waals surface area contributed by atoms with E-state index in [1.807, 2.05) is 12.1 Å². The molecular weight excluding hydrogens is 447 g/mol. The number of ether oxygens (including phenoxy) is 3. The van der Waals surface area contributed by atoms with Crippen LogP contribution in [0.5, 0.6) is 17.2 Å². The predicted octanol–water partition coefficient (Wildman–Crippen LogP) is 1.95. The molecule has 1 saturated heterocycles. The predicted molar refractivity (Wildman–Crippen MR) is 115 cm³/mol. The highest BCUT2D eigenvalue weighted by atomic mass is 127. The van der Waals surface area contributed by atoms with E-state index in [-0.39, 0.29) is 24.0 Å². The van der Waals surface area contributed by atoms with Crippen molar-refractivity contribution in [3.05, 3.63) is 17.7 Å². The summed E-state index contributed by atoms with van der Waals surface area (Å²) in [5, 5.41) is 6.74. The molecular formula is C18H31IN4O3. The molecule has 0 spiro atoms. The summed E-state index contributed by atoms with van der Waals surface area (Å²) in [6, 6.07) is 3.88. The van der Waals surface area contributed by atoms with Crippen molar-refractivity contribution in [1.29, 1.82) is 0 Å². The van der Waals surface area contributed by atoms with Gasteiger partial charge >= 0.3 is 0 Å². The van der Waals surface area contributed by atoms with Crippen molar-refractivity contribution in [2.75, 3.05) is 55.1 Å². The number of nitrogens with zero attached hydrogens (tertiary/aromatic N) is 2. The van der Waals surface area contributed by atoms with E-state index in [4.69, 9.17) is 14.2 Å². The van der Waals surface area contributed by atoms with Gasteiger partial charge in [0.2, 0.25) is 5.75 Å². The Labute approximate surface area is 173 Å². The molecule has 1 aliphatic rings. The summed E-state index contributed by atoms with van der Waals surface area (Å²) in [6.07, 6.45) is 1.23. The SMILES string of the molecule is CN=C(NCc1cc(OC)c(OC)c(OC)c1)NCC1CCN(C)C1.I. The topological polar surface area (TPSA) is 67.4 Å². The molecule has 7 nitrogen and oxygen atoms in total. The van der Waals surface area contributed by atoms with Crippen LogP contribution < -0.4 is 24.8 Å². The largest absolute Gasteiger partial charge is 0.493 e. The zero-order valence-corrected chi connectivity index (χ0v) is 18.6. The molecule has 1 aromatic rings. The molecule has 1 aliphatic heterocycles. The van der Waals surface area contributed by atoms with Crippen molar-refractivity contribution in [2.24, 2.45) is 10.9 Å². The van der Waals surface area contributed by atoms with Crippen LogP contribution in [-0.4, -0.2) is 65.9 Å². The van der Waals surface area contributed by atoms with Gasteiger partial charge in [0.05, 0.1) is 21.3 Å². The number of rotatable bonds is 7. The molecule has 26 heavy (non-hydrogen) atoms. The monoisotopic (exact) mass is 478 g/mol. The van der Waals surface area contributed by atoms with Crippen LogP contribution in [0.2, 0.25) is 0 Å². The van der Waals surface area contributed by atoms with E-state index in [0.717, 1.165) is 24.6 Å². The number of likely N-dealkylation sites (tertiary alicyclic amines) is 1. The van der Waals surface area contributed by atoms with Gasteiger partial charge in [-0.25, -0.2) is 0 Å². The van der Waals surface area contributed by atoms with Gasteiger partial charge in [-0.05, 0) is 43.6 Å². The zero-order chi connectivity index (χ0) is 18.2. The number of hydrogen-bond acceptors (Lipinski definition) is 5. The molecule has 1 heterocycles. The maximum absolute atomic E-state index is 5.39. The van der Waals surface area contributed by atoms with Gasteiger partial charge in [-0.3, -0.25) is 4.99 Å². The first-order valence-corrected chi connectivity index (χ1v) is 8.53. The van der Waals surface area contributed by atoms with E-state index in [1.54, 1.807) is 28.4 Å². The van der Waals surface area contributed by atoms with E-state index in [0.29, 0.717) is 29.7 Å². The van der Waals surface area contributed by atoms with Crippen LogP contribution >= 0.6 is 24.0 Å². The summed E-state index contributed by atoms with van der Waals surface area (Å²) in [5.74, 6) is 3.36. The molecule has 0 bridgehead atoms. The Hall–Kier alpha value is -1.42. The normalized spacial score (nSPS) is 17.4. The molecule has 1 unspecified atom stereocenters. The molecule has 1 atom stereocenters. The highest BCUT2D eigenvalue weighted by Crippen LogP contribution is 2.38. The molecule has 148 valence electrons. The van der Waals surface area contributed by atoms with Gasteiger partial charge < -0.3 is 29.7 Å². The number of methoxy groups -OCH3 is 3. The van der Waals surface area contributed by atoms with Crippen molar-refractivity contribution in [2.45, 2.75) is 13.0 Å². The Balaban J connectivity index is 0.00000338. The van der Waals surface area contributed by atoms with Crippen LogP contribution in [0.4, 0.5) is 0 Å². The maximum Gasteiger partial charge on any atom is 0.203 e. The summed E-state index contributed by atoms with van der Waals surface area (Å²) in [4.78, 5) is 6.66. The second-order valence-corrected chi connectivity index (χ2v) is 6.26. The fraction of sp³-hybridized carbons (Fsp3) is 0.611.